The number of carbonyl (C=O) groups excluding carboxylic acids is 1. The highest BCUT2D eigenvalue weighted by Crippen LogP contribution is 2.18. The molecule has 0 bridgehead atoms. The summed E-state index contributed by atoms with van der Waals surface area (Å²) in [7, 11) is 3.49. The molecule has 1 aromatic carbocycles. The zero-order valence-corrected chi connectivity index (χ0v) is 16.4. The number of hydrogen-bond acceptors (Lipinski definition) is 3. The zero-order valence-electron chi connectivity index (χ0n) is 16.4. The average molecular weight is 361 g/mol. The van der Waals surface area contributed by atoms with E-state index >= 15 is 0 Å². The van der Waals surface area contributed by atoms with Crippen molar-refractivity contribution < 1.29 is 9.53 Å². The van der Waals surface area contributed by atoms with Gasteiger partial charge in [0.1, 0.15) is 6.54 Å². The number of carbonyl (C=O) groups is 1. The maximum atomic E-state index is 11.9. The number of rotatable bonds is 7. The Hall–Kier alpha value is -2.08. The van der Waals surface area contributed by atoms with Gasteiger partial charge in [0.25, 0.3) is 0 Å². The second-order valence-electron chi connectivity index (χ2n) is 7.20. The van der Waals surface area contributed by atoms with Crippen LogP contribution in [0.3, 0.4) is 0 Å². The van der Waals surface area contributed by atoms with Gasteiger partial charge >= 0.3 is 0 Å². The van der Waals surface area contributed by atoms with Crippen molar-refractivity contribution in [3.63, 3.8) is 0 Å². The predicted molar refractivity (Wildman–Crippen MR) is 105 cm³/mol. The number of aliphatic imine (C=N–C) groups is 1. The van der Waals surface area contributed by atoms with E-state index in [1.165, 1.54) is 5.56 Å². The van der Waals surface area contributed by atoms with Gasteiger partial charge in [0.05, 0.1) is 6.61 Å². The first-order valence-electron chi connectivity index (χ1n) is 9.35. The molecule has 1 amide bonds. The Morgan fingerprint density at radius 1 is 1.31 bits per heavy atom. The number of nitrogens with zero attached hydrogens (tertiary/aromatic N) is 2. The van der Waals surface area contributed by atoms with Crippen LogP contribution in [0.1, 0.15) is 31.7 Å². The molecule has 1 saturated heterocycles. The van der Waals surface area contributed by atoms with Crippen LogP contribution in [0.4, 0.5) is 0 Å². The van der Waals surface area contributed by atoms with Gasteiger partial charge in [-0.2, -0.15) is 0 Å². The van der Waals surface area contributed by atoms with Crippen LogP contribution in [0.15, 0.2) is 35.3 Å². The molecule has 2 rings (SSSR count). The van der Waals surface area contributed by atoms with Crippen molar-refractivity contribution in [1.82, 2.24) is 15.5 Å². The molecule has 6 heteroatoms. The summed E-state index contributed by atoms with van der Waals surface area (Å²) in [6.07, 6.45) is 1.06. The van der Waals surface area contributed by atoms with Gasteiger partial charge in [-0.25, -0.2) is 4.99 Å². The Balaban J connectivity index is 1.98. The molecule has 0 radical (unpaired) electrons. The van der Waals surface area contributed by atoms with Crippen LogP contribution >= 0.6 is 0 Å². The van der Waals surface area contributed by atoms with Gasteiger partial charge in [-0.15, -0.1) is 0 Å². The van der Waals surface area contributed by atoms with Gasteiger partial charge in [-0.05, 0) is 18.9 Å². The lowest BCUT2D eigenvalue weighted by atomic mass is 9.94. The average Bonchev–Trinajstić information content (AvgIpc) is 3.17. The fourth-order valence-electron chi connectivity index (χ4n) is 2.81. The summed E-state index contributed by atoms with van der Waals surface area (Å²) in [5.41, 5.74) is 1.28. The lowest BCUT2D eigenvalue weighted by Gasteiger charge is -2.25. The summed E-state index contributed by atoms with van der Waals surface area (Å²) < 4.78 is 5.44. The minimum atomic E-state index is -0.0148. The smallest absolute Gasteiger partial charge is 0.243 e. The molecule has 6 nitrogen and oxygen atoms in total. The van der Waals surface area contributed by atoms with E-state index in [9.17, 15) is 4.79 Å². The van der Waals surface area contributed by atoms with Gasteiger partial charge in [0.15, 0.2) is 5.96 Å². The number of amides is 1. The van der Waals surface area contributed by atoms with E-state index < -0.39 is 0 Å². The van der Waals surface area contributed by atoms with Crippen LogP contribution in [0, 0.1) is 5.92 Å². The third kappa shape index (κ3) is 6.33. The van der Waals surface area contributed by atoms with E-state index in [0.717, 1.165) is 26.2 Å². The molecule has 1 fully saturated rings. The van der Waals surface area contributed by atoms with Crippen molar-refractivity contribution in [2.75, 3.05) is 40.4 Å². The molecule has 0 aliphatic carbocycles. The number of hydrogen-bond donors (Lipinski definition) is 2. The van der Waals surface area contributed by atoms with E-state index in [2.05, 4.69) is 53.7 Å². The topological polar surface area (TPSA) is 66.0 Å². The zero-order chi connectivity index (χ0) is 18.9. The van der Waals surface area contributed by atoms with Crippen LogP contribution in [-0.4, -0.2) is 63.2 Å². The second kappa shape index (κ2) is 10.2. The molecule has 26 heavy (non-hydrogen) atoms. The van der Waals surface area contributed by atoms with Crippen LogP contribution < -0.4 is 10.6 Å². The number of nitrogens with one attached hydrogen (secondary N) is 2. The molecule has 0 aromatic heterocycles. The summed E-state index contributed by atoms with van der Waals surface area (Å²) in [5, 5.41) is 6.84. The van der Waals surface area contributed by atoms with Crippen molar-refractivity contribution in [2.45, 2.75) is 32.2 Å². The van der Waals surface area contributed by atoms with E-state index in [1.54, 1.807) is 19.0 Å². The minimum Gasteiger partial charge on any atom is -0.381 e. The summed E-state index contributed by atoms with van der Waals surface area (Å²) in [4.78, 5) is 17.9. The Morgan fingerprint density at radius 3 is 2.65 bits per heavy atom. The highest BCUT2D eigenvalue weighted by atomic mass is 16.5. The normalized spacial score (nSPS) is 19.7. The van der Waals surface area contributed by atoms with Gasteiger partial charge in [-0.3, -0.25) is 4.79 Å². The fraction of sp³-hybridized carbons (Fsp3) is 0.600. The standard InChI is InChI=1S/C20H32N4O2/c1-15(18-8-6-5-7-9-18)16(2)23-20(22-13-19(25)24(3)4)21-12-17-10-11-26-14-17/h5-9,15-17H,10-14H2,1-4H3,(H2,21,22,23). The Morgan fingerprint density at radius 2 is 2.04 bits per heavy atom. The first kappa shape index (κ1) is 20.2. The summed E-state index contributed by atoms with van der Waals surface area (Å²) in [6, 6.07) is 10.6. The molecule has 1 aliphatic rings. The van der Waals surface area contributed by atoms with Gasteiger partial charge < -0.3 is 20.3 Å². The molecule has 2 N–H and O–H groups in total. The molecule has 144 valence electrons. The van der Waals surface area contributed by atoms with E-state index in [0.29, 0.717) is 17.8 Å². The highest BCUT2D eigenvalue weighted by molar-refractivity contribution is 5.85. The largest absolute Gasteiger partial charge is 0.381 e. The highest BCUT2D eigenvalue weighted by Gasteiger charge is 2.19. The van der Waals surface area contributed by atoms with Crippen molar-refractivity contribution in [3.05, 3.63) is 35.9 Å². The van der Waals surface area contributed by atoms with Crippen LogP contribution in [-0.2, 0) is 9.53 Å². The molecule has 1 aliphatic heterocycles. The summed E-state index contributed by atoms with van der Waals surface area (Å²) in [6.45, 7) is 6.88. The number of likely N-dealkylation sites (N-methyl/N-ethyl adjacent to an activating group) is 1. The molecule has 3 atom stereocenters. The quantitative estimate of drug-likeness (QED) is 0.575. The van der Waals surface area contributed by atoms with E-state index in [1.807, 2.05) is 6.07 Å². The van der Waals surface area contributed by atoms with Crippen molar-refractivity contribution in [3.8, 4) is 0 Å². The molecule has 0 spiro atoms. The van der Waals surface area contributed by atoms with Crippen molar-refractivity contribution >= 4 is 11.9 Å². The second-order valence-corrected chi connectivity index (χ2v) is 7.20. The molecular formula is C20H32N4O2. The third-order valence-electron chi connectivity index (χ3n) is 4.89. The Labute approximate surface area is 157 Å². The maximum absolute atomic E-state index is 11.9. The van der Waals surface area contributed by atoms with E-state index in [-0.39, 0.29) is 18.5 Å². The molecule has 3 unspecified atom stereocenters. The molecule has 0 saturated carbocycles. The Kier molecular flexibility index (Phi) is 7.91. The molecule has 1 heterocycles. The summed E-state index contributed by atoms with van der Waals surface area (Å²) >= 11 is 0. The number of ether oxygens (including phenoxy) is 1. The van der Waals surface area contributed by atoms with E-state index in [4.69, 9.17) is 4.74 Å². The SMILES string of the molecule is CC(NC(=NCC(=O)N(C)C)NCC1CCOC1)C(C)c1ccccc1. The first-order valence-corrected chi connectivity index (χ1v) is 9.35. The van der Waals surface area contributed by atoms with Gasteiger partial charge in [-0.1, -0.05) is 37.3 Å². The maximum Gasteiger partial charge on any atom is 0.243 e. The monoisotopic (exact) mass is 360 g/mol. The lowest BCUT2D eigenvalue weighted by molar-refractivity contribution is -0.127. The predicted octanol–water partition coefficient (Wildman–Crippen LogP) is 1.84. The van der Waals surface area contributed by atoms with Crippen LogP contribution in [0.25, 0.3) is 0 Å². The Bertz CT molecular complexity index is 583. The van der Waals surface area contributed by atoms with Crippen molar-refractivity contribution in [2.24, 2.45) is 10.9 Å². The number of benzene rings is 1. The van der Waals surface area contributed by atoms with Crippen LogP contribution in [0.5, 0.6) is 0 Å². The fourth-order valence-corrected chi connectivity index (χ4v) is 2.81. The summed E-state index contributed by atoms with van der Waals surface area (Å²) in [5.74, 6) is 1.48. The first-order chi connectivity index (χ1) is 12.5. The van der Waals surface area contributed by atoms with Crippen LogP contribution in [0.2, 0.25) is 0 Å². The minimum absolute atomic E-state index is 0.0148. The third-order valence-corrected chi connectivity index (χ3v) is 4.89. The number of guanidine groups is 1. The van der Waals surface area contributed by atoms with Crippen molar-refractivity contribution in [1.29, 1.82) is 0 Å². The molecular weight excluding hydrogens is 328 g/mol. The van der Waals surface area contributed by atoms with Gasteiger partial charge in [0, 0.05) is 45.1 Å². The van der Waals surface area contributed by atoms with Gasteiger partial charge in [0.2, 0.25) is 5.91 Å². The molecule has 1 aromatic rings. The lowest BCUT2D eigenvalue weighted by Crippen LogP contribution is -2.46.